The number of rotatable bonds is 10. The number of amides is 2. The molecule has 8 heteroatoms. The fourth-order valence-corrected chi connectivity index (χ4v) is 4.85. The van der Waals surface area contributed by atoms with Crippen LogP contribution in [-0.2, 0) is 20.7 Å². The average molecular weight is 486 g/mol. The Hall–Kier alpha value is -2.97. The molecule has 35 heavy (non-hydrogen) atoms. The fraction of sp³-hybridized carbons (Fsp3) is 0.519. The standard InChI is InChI=1S/C27H35NO7/c1-16(2)24-27(4,5)35-26(32)28(24)25(31)23(33-6)22(30)21-15-19(18-11-9-10-17(3)14-18)20(34-21)12-7-8-13-29/h9-11,14-16,23-24,29H,7-8,12-13H2,1-6H3/t23-,24-/m0/s1. The van der Waals surface area contributed by atoms with Gasteiger partial charge < -0.3 is 19.0 Å². The Morgan fingerprint density at radius 3 is 2.51 bits per heavy atom. The highest BCUT2D eigenvalue weighted by Gasteiger charge is 2.54. The molecular weight excluding hydrogens is 450 g/mol. The number of hydrogen-bond acceptors (Lipinski definition) is 7. The molecule has 1 aliphatic heterocycles. The van der Waals surface area contributed by atoms with E-state index >= 15 is 0 Å². The van der Waals surface area contributed by atoms with Gasteiger partial charge in [0.2, 0.25) is 11.9 Å². The van der Waals surface area contributed by atoms with Gasteiger partial charge in [0.05, 0.1) is 6.04 Å². The van der Waals surface area contributed by atoms with Gasteiger partial charge in [-0.2, -0.15) is 0 Å². The lowest BCUT2D eigenvalue weighted by molar-refractivity contribution is -0.138. The number of Topliss-reactive ketones (excluding diaryl/α,β-unsaturated/α-hetero) is 1. The highest BCUT2D eigenvalue weighted by molar-refractivity contribution is 6.14. The number of ketones is 1. The van der Waals surface area contributed by atoms with Crippen molar-refractivity contribution in [2.24, 2.45) is 5.92 Å². The number of nitrogens with zero attached hydrogens (tertiary/aromatic N) is 1. The lowest BCUT2D eigenvalue weighted by atomic mass is 9.88. The lowest BCUT2D eigenvalue weighted by Gasteiger charge is -2.31. The van der Waals surface area contributed by atoms with Crippen LogP contribution in [-0.4, -0.2) is 59.3 Å². The summed E-state index contributed by atoms with van der Waals surface area (Å²) in [6, 6.07) is 8.88. The van der Waals surface area contributed by atoms with Crippen LogP contribution in [0, 0.1) is 12.8 Å². The number of furan rings is 1. The topological polar surface area (TPSA) is 106 Å². The number of benzene rings is 1. The normalized spacial score (nSPS) is 18.1. The van der Waals surface area contributed by atoms with Crippen LogP contribution < -0.4 is 0 Å². The Labute approximate surface area is 206 Å². The van der Waals surface area contributed by atoms with E-state index in [1.165, 1.54) is 7.11 Å². The molecule has 2 heterocycles. The van der Waals surface area contributed by atoms with Crippen molar-refractivity contribution in [1.29, 1.82) is 0 Å². The molecule has 1 fully saturated rings. The van der Waals surface area contributed by atoms with Crippen molar-refractivity contribution in [1.82, 2.24) is 4.90 Å². The second-order valence-corrected chi connectivity index (χ2v) is 9.85. The summed E-state index contributed by atoms with van der Waals surface area (Å²) in [5.41, 5.74) is 1.79. The minimum atomic E-state index is -1.56. The summed E-state index contributed by atoms with van der Waals surface area (Å²) in [5.74, 6) is -0.963. The Morgan fingerprint density at radius 2 is 1.91 bits per heavy atom. The van der Waals surface area contributed by atoms with E-state index in [2.05, 4.69) is 0 Å². The first-order valence-electron chi connectivity index (χ1n) is 12.0. The zero-order valence-corrected chi connectivity index (χ0v) is 21.3. The van der Waals surface area contributed by atoms with Crippen LogP contribution >= 0.6 is 0 Å². The van der Waals surface area contributed by atoms with Crippen LogP contribution in [0.5, 0.6) is 0 Å². The van der Waals surface area contributed by atoms with Gasteiger partial charge in [-0.15, -0.1) is 0 Å². The fourth-order valence-electron chi connectivity index (χ4n) is 4.85. The average Bonchev–Trinajstić information content (AvgIpc) is 3.31. The van der Waals surface area contributed by atoms with Gasteiger partial charge in [-0.3, -0.25) is 9.59 Å². The van der Waals surface area contributed by atoms with Crippen LogP contribution in [0.2, 0.25) is 0 Å². The highest BCUT2D eigenvalue weighted by atomic mass is 16.6. The third-order valence-electron chi connectivity index (χ3n) is 6.30. The summed E-state index contributed by atoms with van der Waals surface area (Å²) < 4.78 is 16.7. The summed E-state index contributed by atoms with van der Waals surface area (Å²) in [7, 11) is 1.25. The minimum absolute atomic E-state index is 0.0198. The van der Waals surface area contributed by atoms with E-state index in [0.717, 1.165) is 21.6 Å². The number of carbonyl (C=O) groups is 3. The van der Waals surface area contributed by atoms with Gasteiger partial charge >= 0.3 is 6.09 Å². The molecule has 0 aliphatic carbocycles. The van der Waals surface area contributed by atoms with Crippen molar-refractivity contribution in [2.75, 3.05) is 13.7 Å². The maximum absolute atomic E-state index is 13.5. The number of aryl methyl sites for hydroxylation is 2. The zero-order valence-electron chi connectivity index (χ0n) is 21.3. The number of imide groups is 1. The molecule has 2 atom stereocenters. The van der Waals surface area contributed by atoms with Crippen LogP contribution in [0.15, 0.2) is 34.7 Å². The van der Waals surface area contributed by atoms with E-state index in [-0.39, 0.29) is 18.3 Å². The molecule has 0 saturated carbocycles. The van der Waals surface area contributed by atoms with Gasteiger partial charge in [-0.25, -0.2) is 9.69 Å². The van der Waals surface area contributed by atoms with Gasteiger partial charge in [0.1, 0.15) is 11.4 Å². The number of carbonyl (C=O) groups excluding carboxylic acids is 3. The minimum Gasteiger partial charge on any atom is -0.457 e. The van der Waals surface area contributed by atoms with Crippen molar-refractivity contribution >= 4 is 17.8 Å². The van der Waals surface area contributed by atoms with Gasteiger partial charge in [-0.05, 0) is 51.2 Å². The molecule has 0 radical (unpaired) electrons. The molecule has 1 aromatic carbocycles. The van der Waals surface area contributed by atoms with Gasteiger partial charge in [-0.1, -0.05) is 43.7 Å². The Morgan fingerprint density at radius 1 is 1.20 bits per heavy atom. The number of methoxy groups -OCH3 is 1. The maximum Gasteiger partial charge on any atom is 0.417 e. The van der Waals surface area contributed by atoms with E-state index in [1.54, 1.807) is 19.9 Å². The quantitative estimate of drug-likeness (QED) is 0.299. The van der Waals surface area contributed by atoms with E-state index < -0.39 is 35.5 Å². The van der Waals surface area contributed by atoms with Crippen molar-refractivity contribution < 1.29 is 33.4 Å². The third kappa shape index (κ3) is 5.49. The Kier molecular flexibility index (Phi) is 8.18. The van der Waals surface area contributed by atoms with Crippen molar-refractivity contribution in [3.05, 3.63) is 47.4 Å². The second-order valence-electron chi connectivity index (χ2n) is 9.85. The third-order valence-corrected chi connectivity index (χ3v) is 6.30. The van der Waals surface area contributed by atoms with Gasteiger partial charge in [0, 0.05) is 25.7 Å². The van der Waals surface area contributed by atoms with E-state index in [1.807, 2.05) is 45.0 Å². The first kappa shape index (κ1) is 26.6. The number of unbranched alkanes of at least 4 members (excludes halogenated alkanes) is 1. The molecule has 3 rings (SSSR count). The number of hydrogen-bond donors (Lipinski definition) is 1. The number of aliphatic hydroxyl groups excluding tert-OH is 1. The highest BCUT2D eigenvalue weighted by Crippen LogP contribution is 2.35. The molecule has 1 aliphatic rings. The Bertz CT molecular complexity index is 1080. The first-order chi connectivity index (χ1) is 16.5. The van der Waals surface area contributed by atoms with E-state index in [0.29, 0.717) is 25.0 Å². The molecule has 1 N–H and O–H groups in total. The smallest absolute Gasteiger partial charge is 0.417 e. The summed E-state index contributed by atoms with van der Waals surface area (Å²) in [5, 5.41) is 9.17. The van der Waals surface area contributed by atoms with E-state index in [4.69, 9.17) is 19.0 Å². The molecule has 1 saturated heterocycles. The molecule has 2 aromatic rings. The number of cyclic esters (lactones) is 1. The van der Waals surface area contributed by atoms with Crippen molar-refractivity contribution in [2.45, 2.75) is 71.6 Å². The summed E-state index contributed by atoms with van der Waals surface area (Å²) >= 11 is 0. The van der Waals surface area contributed by atoms with Gasteiger partial charge in [0.15, 0.2) is 5.76 Å². The maximum atomic E-state index is 13.5. The summed E-state index contributed by atoms with van der Waals surface area (Å²) in [4.78, 5) is 40.5. The zero-order chi connectivity index (χ0) is 25.9. The number of ether oxygens (including phenoxy) is 2. The molecule has 2 amide bonds. The largest absolute Gasteiger partial charge is 0.457 e. The molecule has 0 unspecified atom stereocenters. The predicted octanol–water partition coefficient (Wildman–Crippen LogP) is 4.55. The second kappa shape index (κ2) is 10.7. The Balaban J connectivity index is 1.96. The molecule has 0 bridgehead atoms. The monoisotopic (exact) mass is 485 g/mol. The van der Waals surface area contributed by atoms with Crippen LogP contribution in [0.1, 0.15) is 62.4 Å². The molecular formula is C27H35NO7. The molecule has 0 spiro atoms. The summed E-state index contributed by atoms with van der Waals surface area (Å²) in [6.07, 6.45) is -0.559. The van der Waals surface area contributed by atoms with Gasteiger partial charge in [0.25, 0.3) is 5.91 Å². The molecule has 1 aromatic heterocycles. The molecule has 190 valence electrons. The summed E-state index contributed by atoms with van der Waals surface area (Å²) in [6.45, 7) is 9.29. The van der Waals surface area contributed by atoms with Crippen molar-refractivity contribution in [3.8, 4) is 11.1 Å². The van der Waals surface area contributed by atoms with Crippen LogP contribution in [0.25, 0.3) is 11.1 Å². The van der Waals surface area contributed by atoms with Crippen LogP contribution in [0.4, 0.5) is 4.79 Å². The SMILES string of the molecule is CO[C@@H](C(=O)c1cc(-c2cccc(C)c2)c(CCCCO)o1)C(=O)N1C(=O)OC(C)(C)[C@@H]1C(C)C. The van der Waals surface area contributed by atoms with Crippen LogP contribution in [0.3, 0.4) is 0 Å². The number of aliphatic hydroxyl groups is 1. The lowest BCUT2D eigenvalue weighted by Crippen LogP contribution is -2.53. The molecule has 8 nitrogen and oxygen atoms in total. The predicted molar refractivity (Wildman–Crippen MR) is 130 cm³/mol. The van der Waals surface area contributed by atoms with E-state index in [9.17, 15) is 14.4 Å². The first-order valence-corrected chi connectivity index (χ1v) is 12.0. The van der Waals surface area contributed by atoms with Crippen molar-refractivity contribution in [3.63, 3.8) is 0 Å².